The third kappa shape index (κ3) is 4.96. The molecule has 2 aromatic carbocycles. The van der Waals surface area contributed by atoms with Crippen LogP contribution in [0.2, 0.25) is 0 Å². The Morgan fingerprint density at radius 3 is 2.38 bits per heavy atom. The maximum absolute atomic E-state index is 11.9. The van der Waals surface area contributed by atoms with Crippen molar-refractivity contribution in [1.29, 1.82) is 0 Å². The second kappa shape index (κ2) is 9.19. The van der Waals surface area contributed by atoms with Crippen LogP contribution in [0, 0.1) is 0 Å². The summed E-state index contributed by atoms with van der Waals surface area (Å²) < 4.78 is 24.1. The predicted molar refractivity (Wildman–Crippen MR) is 118 cm³/mol. The van der Waals surface area contributed by atoms with E-state index in [-0.39, 0.29) is 17.9 Å². The monoisotopic (exact) mass is 441 g/mol. The molecule has 2 aromatic rings. The number of aliphatic hydroxyl groups excluding tert-OH is 1. The minimum absolute atomic E-state index is 0.0219. The third-order valence-corrected chi connectivity index (χ3v) is 5.78. The van der Waals surface area contributed by atoms with Gasteiger partial charge in [0.2, 0.25) is 12.2 Å². The van der Waals surface area contributed by atoms with E-state index < -0.39 is 36.9 Å². The number of ether oxygens (including phenoxy) is 4. The summed E-state index contributed by atoms with van der Waals surface area (Å²) in [6.45, 7) is 8.05. The lowest BCUT2D eigenvalue weighted by molar-refractivity contribution is -0.333. The Hall–Kier alpha value is -2.45. The van der Waals surface area contributed by atoms with Gasteiger partial charge in [0.1, 0.15) is 30.1 Å². The van der Waals surface area contributed by atoms with E-state index in [2.05, 4.69) is 26.1 Å². The molecular formula is C25H31NO6. The van der Waals surface area contributed by atoms with Gasteiger partial charge in [-0.15, -0.1) is 0 Å². The van der Waals surface area contributed by atoms with Gasteiger partial charge in [-0.1, -0.05) is 63.2 Å². The van der Waals surface area contributed by atoms with E-state index in [1.165, 1.54) is 12.5 Å². The minimum Gasteiger partial charge on any atom is -0.463 e. The SMILES string of the molecule is CC(=O)NC1C(Oc2ccc(C(C)(C)C)cc2)OC2COC(c3ccccc3)OC2C1O. The average molecular weight is 442 g/mol. The summed E-state index contributed by atoms with van der Waals surface area (Å²) in [5.41, 5.74) is 2.05. The molecule has 4 rings (SSSR count). The Balaban J connectivity index is 1.51. The number of carbonyl (C=O) groups excluding carboxylic acids is 1. The van der Waals surface area contributed by atoms with Crippen LogP contribution in [0.25, 0.3) is 0 Å². The van der Waals surface area contributed by atoms with Crippen LogP contribution >= 0.6 is 0 Å². The minimum atomic E-state index is -1.04. The van der Waals surface area contributed by atoms with Crippen molar-refractivity contribution >= 4 is 5.91 Å². The van der Waals surface area contributed by atoms with Gasteiger partial charge in [-0.05, 0) is 23.1 Å². The smallest absolute Gasteiger partial charge is 0.223 e. The Kier molecular flexibility index (Phi) is 6.53. The van der Waals surface area contributed by atoms with E-state index in [1.807, 2.05) is 54.6 Å². The van der Waals surface area contributed by atoms with Gasteiger partial charge >= 0.3 is 0 Å². The maximum Gasteiger partial charge on any atom is 0.223 e. The Labute approximate surface area is 188 Å². The summed E-state index contributed by atoms with van der Waals surface area (Å²) >= 11 is 0. The standard InChI is InChI=1S/C25H31NO6/c1-15(27)26-20-21(28)22-19(14-29-23(32-22)16-8-6-5-7-9-16)31-24(20)30-18-12-10-17(11-13-18)25(2,3)4/h5-13,19-24,28H,14H2,1-4H3,(H,26,27). The number of fused-ring (bicyclic) bond motifs is 1. The summed E-state index contributed by atoms with van der Waals surface area (Å²) in [7, 11) is 0. The van der Waals surface area contributed by atoms with Gasteiger partial charge < -0.3 is 29.4 Å². The van der Waals surface area contributed by atoms with E-state index >= 15 is 0 Å². The first-order chi connectivity index (χ1) is 15.2. The fourth-order valence-electron chi connectivity index (χ4n) is 4.03. The van der Waals surface area contributed by atoms with E-state index in [1.54, 1.807) is 0 Å². The zero-order valence-electron chi connectivity index (χ0n) is 18.9. The first-order valence-corrected chi connectivity index (χ1v) is 10.9. The van der Waals surface area contributed by atoms with Crippen molar-refractivity contribution < 1.29 is 28.8 Å². The number of rotatable bonds is 4. The fourth-order valence-corrected chi connectivity index (χ4v) is 4.03. The van der Waals surface area contributed by atoms with E-state index in [0.717, 1.165) is 5.56 Å². The third-order valence-electron chi connectivity index (χ3n) is 5.78. The lowest BCUT2D eigenvalue weighted by Gasteiger charge is -2.47. The van der Waals surface area contributed by atoms with Crippen molar-refractivity contribution in [1.82, 2.24) is 5.32 Å². The van der Waals surface area contributed by atoms with Crippen molar-refractivity contribution in [2.75, 3.05) is 6.61 Å². The molecule has 0 radical (unpaired) electrons. The molecule has 1 amide bonds. The average Bonchev–Trinajstić information content (AvgIpc) is 2.76. The van der Waals surface area contributed by atoms with Crippen LogP contribution in [0.1, 0.15) is 45.1 Å². The molecule has 2 aliphatic rings. The number of carbonyl (C=O) groups is 1. The van der Waals surface area contributed by atoms with Crippen LogP contribution < -0.4 is 10.1 Å². The van der Waals surface area contributed by atoms with Crippen LogP contribution in [0.15, 0.2) is 54.6 Å². The van der Waals surface area contributed by atoms with Crippen LogP contribution in [-0.4, -0.2) is 48.3 Å². The summed E-state index contributed by atoms with van der Waals surface area (Å²) in [4.78, 5) is 11.9. The summed E-state index contributed by atoms with van der Waals surface area (Å²) in [5.74, 6) is 0.295. The first-order valence-electron chi connectivity index (χ1n) is 10.9. The normalized spacial score (nSPS) is 30.3. The molecule has 0 aliphatic carbocycles. The second-order valence-corrected chi connectivity index (χ2v) is 9.33. The number of nitrogens with one attached hydrogen (secondary N) is 1. The van der Waals surface area contributed by atoms with Gasteiger partial charge in [0.25, 0.3) is 0 Å². The van der Waals surface area contributed by atoms with Crippen LogP contribution in [0.5, 0.6) is 5.75 Å². The molecular weight excluding hydrogens is 410 g/mol. The van der Waals surface area contributed by atoms with Gasteiger partial charge in [-0.2, -0.15) is 0 Å². The van der Waals surface area contributed by atoms with Crippen molar-refractivity contribution in [2.24, 2.45) is 0 Å². The largest absolute Gasteiger partial charge is 0.463 e. The molecule has 0 saturated carbocycles. The molecule has 7 heteroatoms. The number of hydrogen-bond donors (Lipinski definition) is 2. The van der Waals surface area contributed by atoms with Crippen LogP contribution in [-0.2, 0) is 24.4 Å². The summed E-state index contributed by atoms with van der Waals surface area (Å²) in [6, 6.07) is 16.5. The predicted octanol–water partition coefficient (Wildman–Crippen LogP) is 3.07. The maximum atomic E-state index is 11.9. The zero-order valence-corrected chi connectivity index (χ0v) is 18.9. The Morgan fingerprint density at radius 2 is 1.75 bits per heavy atom. The van der Waals surface area contributed by atoms with E-state index in [4.69, 9.17) is 18.9 Å². The molecule has 0 spiro atoms. The lowest BCUT2D eigenvalue weighted by Crippen LogP contribution is -2.67. The van der Waals surface area contributed by atoms with Gasteiger partial charge in [-0.3, -0.25) is 4.79 Å². The molecule has 0 bridgehead atoms. The Morgan fingerprint density at radius 1 is 1.06 bits per heavy atom. The van der Waals surface area contributed by atoms with Crippen molar-refractivity contribution in [3.8, 4) is 5.75 Å². The molecule has 2 aliphatic heterocycles. The highest BCUT2D eigenvalue weighted by Crippen LogP contribution is 2.35. The van der Waals surface area contributed by atoms with Gasteiger partial charge in [0.15, 0.2) is 6.29 Å². The Bertz CT molecular complexity index is 910. The molecule has 172 valence electrons. The highest BCUT2D eigenvalue weighted by molar-refractivity contribution is 5.73. The van der Waals surface area contributed by atoms with Gasteiger partial charge in [0.05, 0.1) is 6.61 Å². The van der Waals surface area contributed by atoms with Gasteiger partial charge in [-0.25, -0.2) is 0 Å². The number of hydrogen-bond acceptors (Lipinski definition) is 6. The molecule has 2 N–H and O–H groups in total. The molecule has 32 heavy (non-hydrogen) atoms. The van der Waals surface area contributed by atoms with E-state index in [0.29, 0.717) is 5.75 Å². The zero-order chi connectivity index (χ0) is 22.9. The first kappa shape index (κ1) is 22.7. The highest BCUT2D eigenvalue weighted by Gasteiger charge is 2.50. The quantitative estimate of drug-likeness (QED) is 0.759. The van der Waals surface area contributed by atoms with Crippen molar-refractivity contribution in [3.63, 3.8) is 0 Å². The van der Waals surface area contributed by atoms with Crippen LogP contribution in [0.3, 0.4) is 0 Å². The molecule has 0 aromatic heterocycles. The molecule has 2 fully saturated rings. The summed E-state index contributed by atoms with van der Waals surface area (Å²) in [5, 5.41) is 13.9. The fraction of sp³-hybridized carbons (Fsp3) is 0.480. The molecule has 6 atom stereocenters. The topological polar surface area (TPSA) is 86.3 Å². The molecule has 6 unspecified atom stereocenters. The number of amides is 1. The second-order valence-electron chi connectivity index (χ2n) is 9.33. The number of aliphatic hydroxyl groups is 1. The molecule has 2 heterocycles. The van der Waals surface area contributed by atoms with Crippen molar-refractivity contribution in [2.45, 2.75) is 70.0 Å². The molecule has 7 nitrogen and oxygen atoms in total. The van der Waals surface area contributed by atoms with Gasteiger partial charge in [0, 0.05) is 12.5 Å². The highest BCUT2D eigenvalue weighted by atomic mass is 16.7. The lowest BCUT2D eigenvalue weighted by atomic mass is 9.87. The van der Waals surface area contributed by atoms with E-state index in [9.17, 15) is 9.90 Å². The van der Waals surface area contributed by atoms with Crippen LogP contribution in [0.4, 0.5) is 0 Å². The van der Waals surface area contributed by atoms with Crippen molar-refractivity contribution in [3.05, 3.63) is 65.7 Å². The molecule has 2 saturated heterocycles. The summed E-state index contributed by atoms with van der Waals surface area (Å²) in [6.07, 6.45) is -3.75. The number of benzene rings is 2.